The number of rotatable bonds is 4. The van der Waals surface area contributed by atoms with Crippen LogP contribution in [0.15, 0.2) is 54.7 Å². The molecule has 1 N–H and O–H groups in total. The fourth-order valence-corrected chi connectivity index (χ4v) is 3.18. The third kappa shape index (κ3) is 2.66. The SMILES string of the molecule is C[C@H](Nc1ncnc2sccc12)c1ccc(-n2cncn2)cc1. The number of anilines is 1. The lowest BCUT2D eigenvalue weighted by molar-refractivity contribution is 0.859. The normalized spacial score (nSPS) is 12.4. The molecule has 0 fully saturated rings. The van der Waals surface area contributed by atoms with Crippen molar-refractivity contribution in [3.63, 3.8) is 0 Å². The van der Waals surface area contributed by atoms with Gasteiger partial charge in [-0.05, 0) is 36.1 Å². The number of hydrogen-bond donors (Lipinski definition) is 1. The Hall–Kier alpha value is -2.80. The van der Waals surface area contributed by atoms with E-state index in [-0.39, 0.29) is 6.04 Å². The maximum atomic E-state index is 4.36. The maximum Gasteiger partial charge on any atom is 0.138 e. The van der Waals surface area contributed by atoms with Gasteiger partial charge in [0.05, 0.1) is 11.1 Å². The van der Waals surface area contributed by atoms with E-state index in [9.17, 15) is 0 Å². The predicted octanol–water partition coefficient (Wildman–Crippen LogP) is 3.45. The van der Waals surface area contributed by atoms with E-state index in [1.54, 1.807) is 28.7 Å². The van der Waals surface area contributed by atoms with Crippen molar-refractivity contribution in [3.05, 3.63) is 60.3 Å². The highest BCUT2D eigenvalue weighted by molar-refractivity contribution is 7.16. The molecule has 4 rings (SSSR count). The van der Waals surface area contributed by atoms with Crippen LogP contribution in [0, 0.1) is 0 Å². The molecule has 0 saturated heterocycles. The van der Waals surface area contributed by atoms with Gasteiger partial charge in [0.2, 0.25) is 0 Å². The van der Waals surface area contributed by atoms with E-state index in [0.29, 0.717) is 0 Å². The number of aromatic nitrogens is 5. The summed E-state index contributed by atoms with van der Waals surface area (Å²) >= 11 is 1.62. The van der Waals surface area contributed by atoms with Crippen LogP contribution in [-0.2, 0) is 0 Å². The first kappa shape index (κ1) is 13.8. The zero-order chi connectivity index (χ0) is 15.6. The molecule has 0 bridgehead atoms. The fraction of sp³-hybridized carbons (Fsp3) is 0.125. The molecule has 0 amide bonds. The highest BCUT2D eigenvalue weighted by Gasteiger charge is 2.10. The van der Waals surface area contributed by atoms with Gasteiger partial charge in [-0.2, -0.15) is 5.10 Å². The first-order chi connectivity index (χ1) is 11.3. The Kier molecular flexibility index (Phi) is 3.47. The van der Waals surface area contributed by atoms with Crippen LogP contribution in [0.25, 0.3) is 15.9 Å². The molecule has 0 radical (unpaired) electrons. The molecular weight excluding hydrogens is 308 g/mol. The molecule has 4 aromatic rings. The number of fused-ring (bicyclic) bond motifs is 1. The molecule has 3 heterocycles. The lowest BCUT2D eigenvalue weighted by Gasteiger charge is -2.16. The zero-order valence-electron chi connectivity index (χ0n) is 12.4. The molecule has 0 aliphatic carbocycles. The van der Waals surface area contributed by atoms with Crippen LogP contribution in [0.1, 0.15) is 18.5 Å². The molecule has 23 heavy (non-hydrogen) atoms. The lowest BCUT2D eigenvalue weighted by Crippen LogP contribution is -2.08. The van der Waals surface area contributed by atoms with E-state index in [2.05, 4.69) is 44.4 Å². The molecule has 7 heteroatoms. The van der Waals surface area contributed by atoms with Crippen molar-refractivity contribution < 1.29 is 0 Å². The van der Waals surface area contributed by atoms with Crippen LogP contribution in [0.4, 0.5) is 5.82 Å². The number of benzene rings is 1. The van der Waals surface area contributed by atoms with Gasteiger partial charge < -0.3 is 5.32 Å². The minimum Gasteiger partial charge on any atom is -0.363 e. The minimum absolute atomic E-state index is 0.137. The first-order valence-electron chi connectivity index (χ1n) is 7.21. The summed E-state index contributed by atoms with van der Waals surface area (Å²) < 4.78 is 1.74. The summed E-state index contributed by atoms with van der Waals surface area (Å²) in [5, 5.41) is 10.7. The summed E-state index contributed by atoms with van der Waals surface area (Å²) in [6.45, 7) is 2.12. The molecule has 6 nitrogen and oxygen atoms in total. The van der Waals surface area contributed by atoms with Gasteiger partial charge in [-0.1, -0.05) is 12.1 Å². The quantitative estimate of drug-likeness (QED) is 0.623. The van der Waals surface area contributed by atoms with Gasteiger partial charge in [0.1, 0.15) is 29.6 Å². The van der Waals surface area contributed by atoms with Crippen LogP contribution in [-0.4, -0.2) is 24.7 Å². The Morgan fingerprint density at radius 2 is 1.96 bits per heavy atom. The van der Waals surface area contributed by atoms with Gasteiger partial charge in [-0.3, -0.25) is 0 Å². The Morgan fingerprint density at radius 1 is 1.09 bits per heavy atom. The van der Waals surface area contributed by atoms with Crippen molar-refractivity contribution in [2.75, 3.05) is 5.32 Å². The van der Waals surface area contributed by atoms with E-state index in [0.717, 1.165) is 21.7 Å². The number of nitrogens with one attached hydrogen (secondary N) is 1. The van der Waals surface area contributed by atoms with Crippen molar-refractivity contribution in [3.8, 4) is 5.69 Å². The average molecular weight is 322 g/mol. The van der Waals surface area contributed by atoms with E-state index in [1.807, 2.05) is 23.6 Å². The molecule has 1 aromatic carbocycles. The second kappa shape index (κ2) is 5.77. The molecule has 0 saturated carbocycles. The standard InChI is InChI=1S/C16H14N6S/c1-11(21-15-14-6-7-23-16(14)19-9-18-15)12-2-4-13(5-3-12)22-10-17-8-20-22/h2-11H,1H3,(H,18,19,21)/t11-/m0/s1. The molecular formula is C16H14N6S. The van der Waals surface area contributed by atoms with E-state index >= 15 is 0 Å². The van der Waals surface area contributed by atoms with Gasteiger partial charge in [0.15, 0.2) is 0 Å². The molecule has 1 atom stereocenters. The highest BCUT2D eigenvalue weighted by atomic mass is 32.1. The van der Waals surface area contributed by atoms with Crippen molar-refractivity contribution >= 4 is 27.4 Å². The number of thiophene rings is 1. The topological polar surface area (TPSA) is 68.5 Å². The zero-order valence-corrected chi connectivity index (χ0v) is 13.2. The van der Waals surface area contributed by atoms with Crippen LogP contribution < -0.4 is 5.32 Å². The summed E-state index contributed by atoms with van der Waals surface area (Å²) in [6.07, 6.45) is 4.81. The summed E-state index contributed by atoms with van der Waals surface area (Å²) in [7, 11) is 0. The number of nitrogens with zero attached hydrogens (tertiary/aromatic N) is 5. The molecule has 0 spiro atoms. The van der Waals surface area contributed by atoms with Crippen LogP contribution in [0.3, 0.4) is 0 Å². The second-order valence-corrected chi connectivity index (χ2v) is 6.05. The third-order valence-corrected chi connectivity index (χ3v) is 4.51. The van der Waals surface area contributed by atoms with Crippen LogP contribution in [0.5, 0.6) is 0 Å². The van der Waals surface area contributed by atoms with Crippen LogP contribution >= 0.6 is 11.3 Å². The smallest absolute Gasteiger partial charge is 0.138 e. The monoisotopic (exact) mass is 322 g/mol. The molecule has 0 aliphatic rings. The summed E-state index contributed by atoms with van der Waals surface area (Å²) in [6, 6.07) is 10.4. The fourth-order valence-electron chi connectivity index (χ4n) is 2.45. The van der Waals surface area contributed by atoms with Crippen molar-refractivity contribution in [2.24, 2.45) is 0 Å². The van der Waals surface area contributed by atoms with Gasteiger partial charge in [-0.25, -0.2) is 19.6 Å². The summed E-state index contributed by atoms with van der Waals surface area (Å²) in [5.74, 6) is 0.865. The van der Waals surface area contributed by atoms with Gasteiger partial charge in [0.25, 0.3) is 0 Å². The van der Waals surface area contributed by atoms with Gasteiger partial charge in [-0.15, -0.1) is 11.3 Å². The summed E-state index contributed by atoms with van der Waals surface area (Å²) in [5.41, 5.74) is 2.16. The first-order valence-corrected chi connectivity index (χ1v) is 8.09. The van der Waals surface area contributed by atoms with Crippen molar-refractivity contribution in [2.45, 2.75) is 13.0 Å². The Labute approximate surface area is 136 Å². The molecule has 3 aromatic heterocycles. The van der Waals surface area contributed by atoms with E-state index in [1.165, 1.54) is 11.9 Å². The second-order valence-electron chi connectivity index (χ2n) is 5.16. The Bertz CT molecular complexity index is 913. The Morgan fingerprint density at radius 3 is 2.74 bits per heavy atom. The molecule has 0 unspecified atom stereocenters. The minimum atomic E-state index is 0.137. The molecule has 114 valence electrons. The van der Waals surface area contributed by atoms with Crippen molar-refractivity contribution in [1.82, 2.24) is 24.7 Å². The van der Waals surface area contributed by atoms with Gasteiger partial charge in [0, 0.05) is 6.04 Å². The predicted molar refractivity (Wildman–Crippen MR) is 90.8 cm³/mol. The van der Waals surface area contributed by atoms with Crippen LogP contribution in [0.2, 0.25) is 0 Å². The van der Waals surface area contributed by atoms with Crippen molar-refractivity contribution in [1.29, 1.82) is 0 Å². The maximum absolute atomic E-state index is 4.36. The van der Waals surface area contributed by atoms with Gasteiger partial charge >= 0.3 is 0 Å². The third-order valence-electron chi connectivity index (χ3n) is 3.69. The average Bonchev–Trinajstić information content (AvgIpc) is 3.27. The van der Waals surface area contributed by atoms with E-state index < -0.39 is 0 Å². The highest BCUT2D eigenvalue weighted by Crippen LogP contribution is 2.27. The Balaban J connectivity index is 1.57. The van der Waals surface area contributed by atoms with E-state index in [4.69, 9.17) is 0 Å². The number of hydrogen-bond acceptors (Lipinski definition) is 6. The molecule has 0 aliphatic heterocycles. The largest absolute Gasteiger partial charge is 0.363 e. The lowest BCUT2D eigenvalue weighted by atomic mass is 10.1. The summed E-state index contributed by atoms with van der Waals surface area (Å²) in [4.78, 5) is 13.6.